The number of nitrogens with two attached hydrogens (primary N) is 1. The van der Waals surface area contributed by atoms with E-state index in [1.54, 1.807) is 0 Å². The molecule has 0 bridgehead atoms. The average molecular weight is 267 g/mol. The van der Waals surface area contributed by atoms with Crippen LogP contribution in [-0.4, -0.2) is 11.1 Å². The summed E-state index contributed by atoms with van der Waals surface area (Å²) in [5, 5.41) is 9.16. The third-order valence-corrected chi connectivity index (χ3v) is 3.99. The van der Waals surface area contributed by atoms with Gasteiger partial charge >= 0.3 is 5.97 Å². The second-order valence-electron chi connectivity index (χ2n) is 5.40. The van der Waals surface area contributed by atoms with Gasteiger partial charge in [-0.2, -0.15) is 0 Å². The van der Waals surface area contributed by atoms with E-state index in [0.29, 0.717) is 0 Å². The Bertz CT molecular complexity index is 664. The van der Waals surface area contributed by atoms with Crippen LogP contribution in [0.15, 0.2) is 42.5 Å². The van der Waals surface area contributed by atoms with Crippen molar-refractivity contribution in [3.8, 4) is 0 Å². The van der Waals surface area contributed by atoms with Gasteiger partial charge in [0.2, 0.25) is 0 Å². The molecule has 3 N–H and O–H groups in total. The van der Waals surface area contributed by atoms with Gasteiger partial charge in [-0.05, 0) is 53.1 Å². The standard InChI is InChI=1S/C17H17NO2/c18-15-6-5-11-7-12-3-1-2-4-16(12)14(10-17(19)20)8-13(11)9-15/h1-6,9,14H,7-8,10,18H2,(H,19,20)/t14-/m1/s1. The highest BCUT2D eigenvalue weighted by Crippen LogP contribution is 2.34. The molecule has 3 rings (SSSR count). The Hall–Kier alpha value is -2.29. The van der Waals surface area contributed by atoms with Gasteiger partial charge in [0.1, 0.15) is 0 Å². The average Bonchev–Trinajstić information content (AvgIpc) is 2.55. The topological polar surface area (TPSA) is 63.3 Å². The Morgan fingerprint density at radius 3 is 2.75 bits per heavy atom. The Kier molecular flexibility index (Phi) is 3.18. The van der Waals surface area contributed by atoms with E-state index in [1.807, 2.05) is 24.3 Å². The summed E-state index contributed by atoms with van der Waals surface area (Å²) in [6.45, 7) is 0. The van der Waals surface area contributed by atoms with Gasteiger partial charge in [0.15, 0.2) is 0 Å². The number of aliphatic carboxylic acids is 1. The smallest absolute Gasteiger partial charge is 0.303 e. The third-order valence-electron chi connectivity index (χ3n) is 3.99. The maximum absolute atomic E-state index is 11.1. The zero-order valence-corrected chi connectivity index (χ0v) is 11.2. The first-order chi connectivity index (χ1) is 9.63. The van der Waals surface area contributed by atoms with Crippen molar-refractivity contribution in [1.29, 1.82) is 0 Å². The predicted molar refractivity (Wildman–Crippen MR) is 78.8 cm³/mol. The van der Waals surface area contributed by atoms with Crippen molar-refractivity contribution in [3.05, 3.63) is 64.7 Å². The molecule has 0 aliphatic heterocycles. The minimum Gasteiger partial charge on any atom is -0.481 e. The first kappa shape index (κ1) is 12.7. The van der Waals surface area contributed by atoms with Crippen LogP contribution >= 0.6 is 0 Å². The monoisotopic (exact) mass is 267 g/mol. The summed E-state index contributed by atoms with van der Waals surface area (Å²) in [6, 6.07) is 14.1. The number of anilines is 1. The van der Waals surface area contributed by atoms with Crippen molar-refractivity contribution in [2.24, 2.45) is 0 Å². The lowest BCUT2D eigenvalue weighted by molar-refractivity contribution is -0.137. The van der Waals surface area contributed by atoms with E-state index >= 15 is 0 Å². The van der Waals surface area contributed by atoms with E-state index in [0.717, 1.165) is 24.1 Å². The first-order valence-electron chi connectivity index (χ1n) is 6.80. The molecule has 0 saturated carbocycles. The van der Waals surface area contributed by atoms with Crippen molar-refractivity contribution >= 4 is 11.7 Å². The van der Waals surface area contributed by atoms with Crippen LogP contribution in [0.2, 0.25) is 0 Å². The fourth-order valence-corrected chi connectivity index (χ4v) is 3.08. The molecule has 0 amide bonds. The van der Waals surface area contributed by atoms with Gasteiger partial charge in [-0.25, -0.2) is 0 Å². The zero-order valence-electron chi connectivity index (χ0n) is 11.2. The lowest BCUT2D eigenvalue weighted by Crippen LogP contribution is -2.09. The largest absolute Gasteiger partial charge is 0.481 e. The van der Waals surface area contributed by atoms with Crippen LogP contribution in [0.1, 0.15) is 34.6 Å². The fourth-order valence-electron chi connectivity index (χ4n) is 3.08. The van der Waals surface area contributed by atoms with E-state index in [9.17, 15) is 4.79 Å². The molecule has 3 heteroatoms. The highest BCUT2D eigenvalue weighted by Gasteiger charge is 2.23. The van der Waals surface area contributed by atoms with Crippen LogP contribution in [0.4, 0.5) is 5.69 Å². The lowest BCUT2D eigenvalue weighted by Gasteiger charge is -2.15. The van der Waals surface area contributed by atoms with Gasteiger partial charge in [-0.3, -0.25) is 4.79 Å². The molecule has 1 aliphatic carbocycles. The summed E-state index contributed by atoms with van der Waals surface area (Å²) >= 11 is 0. The van der Waals surface area contributed by atoms with Gasteiger partial charge in [0.25, 0.3) is 0 Å². The molecule has 0 spiro atoms. The Morgan fingerprint density at radius 1 is 1.15 bits per heavy atom. The van der Waals surface area contributed by atoms with Crippen molar-refractivity contribution < 1.29 is 9.90 Å². The number of fused-ring (bicyclic) bond motifs is 2. The minimum absolute atomic E-state index is 0.0201. The first-order valence-corrected chi connectivity index (χ1v) is 6.80. The molecule has 0 radical (unpaired) electrons. The number of carbonyl (C=O) groups is 1. The maximum atomic E-state index is 11.1. The number of carboxylic acids is 1. The van der Waals surface area contributed by atoms with E-state index in [1.165, 1.54) is 16.7 Å². The summed E-state index contributed by atoms with van der Waals surface area (Å²) in [7, 11) is 0. The second-order valence-corrected chi connectivity index (χ2v) is 5.40. The molecule has 0 saturated heterocycles. The molecule has 1 atom stereocenters. The van der Waals surface area contributed by atoms with E-state index < -0.39 is 5.97 Å². The molecule has 1 aliphatic rings. The molecule has 3 nitrogen and oxygen atoms in total. The summed E-state index contributed by atoms with van der Waals surface area (Å²) in [5.41, 5.74) is 11.4. The third kappa shape index (κ3) is 2.39. The van der Waals surface area contributed by atoms with Crippen LogP contribution in [0.5, 0.6) is 0 Å². The highest BCUT2D eigenvalue weighted by atomic mass is 16.4. The summed E-state index contributed by atoms with van der Waals surface area (Å²) in [5.74, 6) is -0.732. The number of carboxylic acid groups (broad SMARTS) is 1. The van der Waals surface area contributed by atoms with Crippen LogP contribution in [-0.2, 0) is 17.6 Å². The minimum atomic E-state index is -0.753. The van der Waals surface area contributed by atoms with Gasteiger partial charge in [0.05, 0.1) is 6.42 Å². The maximum Gasteiger partial charge on any atom is 0.303 e. The molecule has 0 heterocycles. The SMILES string of the molecule is Nc1ccc2c(c1)C[C@H](CC(=O)O)c1ccccc1C2. The number of nitrogen functional groups attached to an aromatic ring is 1. The normalized spacial score (nSPS) is 16.9. The summed E-state index contributed by atoms with van der Waals surface area (Å²) < 4.78 is 0. The Labute approximate surface area is 118 Å². The molecule has 2 aromatic rings. The predicted octanol–water partition coefficient (Wildman–Crippen LogP) is 2.97. The quantitative estimate of drug-likeness (QED) is 0.822. The highest BCUT2D eigenvalue weighted by molar-refractivity contribution is 5.68. The van der Waals surface area contributed by atoms with Crippen molar-refractivity contribution in [2.75, 3.05) is 5.73 Å². The van der Waals surface area contributed by atoms with Gasteiger partial charge < -0.3 is 10.8 Å². The van der Waals surface area contributed by atoms with Crippen molar-refractivity contribution in [3.63, 3.8) is 0 Å². The van der Waals surface area contributed by atoms with Crippen molar-refractivity contribution in [1.82, 2.24) is 0 Å². The van der Waals surface area contributed by atoms with Crippen LogP contribution in [0, 0.1) is 0 Å². The molecule has 0 fully saturated rings. The van der Waals surface area contributed by atoms with Crippen LogP contribution in [0.3, 0.4) is 0 Å². The number of benzene rings is 2. The fraction of sp³-hybridized carbons (Fsp3) is 0.235. The molecule has 102 valence electrons. The van der Waals surface area contributed by atoms with E-state index in [-0.39, 0.29) is 12.3 Å². The van der Waals surface area contributed by atoms with Crippen LogP contribution < -0.4 is 5.73 Å². The molecule has 20 heavy (non-hydrogen) atoms. The number of hydrogen-bond acceptors (Lipinski definition) is 2. The lowest BCUT2D eigenvalue weighted by atomic mass is 9.89. The second kappa shape index (κ2) is 5.00. The van der Waals surface area contributed by atoms with Gasteiger partial charge in [-0.1, -0.05) is 30.3 Å². The zero-order chi connectivity index (χ0) is 14.1. The van der Waals surface area contributed by atoms with Crippen LogP contribution in [0.25, 0.3) is 0 Å². The molecule has 2 aromatic carbocycles. The molecular weight excluding hydrogens is 250 g/mol. The molecule has 0 aromatic heterocycles. The van der Waals surface area contributed by atoms with Crippen molar-refractivity contribution in [2.45, 2.75) is 25.2 Å². The summed E-state index contributed by atoms with van der Waals surface area (Å²) in [4.78, 5) is 11.1. The summed E-state index contributed by atoms with van der Waals surface area (Å²) in [6.07, 6.45) is 1.75. The van der Waals surface area contributed by atoms with Gasteiger partial charge in [-0.15, -0.1) is 0 Å². The van der Waals surface area contributed by atoms with E-state index in [2.05, 4.69) is 18.2 Å². The Balaban J connectivity index is 2.09. The van der Waals surface area contributed by atoms with Gasteiger partial charge in [0, 0.05) is 5.69 Å². The molecular formula is C17H17NO2. The Morgan fingerprint density at radius 2 is 1.95 bits per heavy atom. The number of rotatable bonds is 2. The van der Waals surface area contributed by atoms with E-state index in [4.69, 9.17) is 10.8 Å². The number of hydrogen-bond donors (Lipinski definition) is 2. The molecule has 0 unspecified atom stereocenters.